The maximum Gasteiger partial charge on any atom is 0.265 e. The van der Waals surface area contributed by atoms with Gasteiger partial charge in [0.05, 0.1) is 0 Å². The largest absolute Gasteiger partial charge is 0.361 e. The van der Waals surface area contributed by atoms with E-state index in [9.17, 15) is 19.5 Å². The number of ketones is 2. The Bertz CT molecular complexity index is 736. The molecule has 1 amide bonds. The molecule has 22 heavy (non-hydrogen) atoms. The molecule has 0 aliphatic heterocycles. The van der Waals surface area contributed by atoms with Gasteiger partial charge in [0.1, 0.15) is 0 Å². The molecule has 0 saturated carbocycles. The minimum absolute atomic E-state index is 0.122. The van der Waals surface area contributed by atoms with Gasteiger partial charge in [-0.1, -0.05) is 42.5 Å². The highest BCUT2D eigenvalue weighted by Gasteiger charge is 2.52. The van der Waals surface area contributed by atoms with Crippen LogP contribution in [0.2, 0.25) is 0 Å². The smallest absolute Gasteiger partial charge is 0.265 e. The standard InChI is InChI=1S/C16H12N2O4/c19-13-11-8-4-5-9-12(11)14(20)16(13,22)18-17-15(21)10-6-2-1-3-7-10/h1-9,18,22H,(H,17,21). The van der Waals surface area contributed by atoms with Gasteiger partial charge in [0.25, 0.3) is 11.6 Å². The quantitative estimate of drug-likeness (QED) is 0.440. The van der Waals surface area contributed by atoms with E-state index in [0.29, 0.717) is 5.56 Å². The number of hydrogen-bond donors (Lipinski definition) is 3. The lowest BCUT2D eigenvalue weighted by atomic mass is 10.1. The Kier molecular flexibility index (Phi) is 3.32. The zero-order valence-corrected chi connectivity index (χ0v) is 11.4. The van der Waals surface area contributed by atoms with Gasteiger partial charge in [0.15, 0.2) is 0 Å². The summed E-state index contributed by atoms with van der Waals surface area (Å²) in [5.41, 5.74) is 2.45. The molecule has 0 heterocycles. The third-order valence-electron chi connectivity index (χ3n) is 3.47. The number of aliphatic hydroxyl groups is 1. The summed E-state index contributed by atoms with van der Waals surface area (Å²) >= 11 is 0. The molecule has 2 aromatic carbocycles. The van der Waals surface area contributed by atoms with E-state index in [1.54, 1.807) is 42.5 Å². The molecule has 3 N–H and O–H groups in total. The number of carbonyl (C=O) groups excluding carboxylic acids is 3. The Hall–Kier alpha value is -2.83. The number of carbonyl (C=O) groups is 3. The maximum atomic E-state index is 12.2. The monoisotopic (exact) mass is 296 g/mol. The van der Waals surface area contributed by atoms with E-state index < -0.39 is 23.2 Å². The van der Waals surface area contributed by atoms with Gasteiger partial charge in [0.2, 0.25) is 11.6 Å². The molecular weight excluding hydrogens is 284 g/mol. The van der Waals surface area contributed by atoms with Crippen molar-refractivity contribution < 1.29 is 19.5 Å². The minimum Gasteiger partial charge on any atom is -0.361 e. The van der Waals surface area contributed by atoms with Crippen molar-refractivity contribution in [2.75, 3.05) is 0 Å². The minimum atomic E-state index is -2.48. The molecule has 1 aliphatic carbocycles. The fourth-order valence-corrected chi connectivity index (χ4v) is 2.29. The van der Waals surface area contributed by atoms with Crippen molar-refractivity contribution in [3.05, 3.63) is 71.3 Å². The summed E-state index contributed by atoms with van der Waals surface area (Å²) < 4.78 is 0. The molecule has 2 aromatic rings. The van der Waals surface area contributed by atoms with E-state index in [4.69, 9.17) is 0 Å². The van der Waals surface area contributed by atoms with Crippen LogP contribution < -0.4 is 10.9 Å². The van der Waals surface area contributed by atoms with Gasteiger partial charge in [-0.3, -0.25) is 19.8 Å². The average molecular weight is 296 g/mol. The summed E-state index contributed by atoms with van der Waals surface area (Å²) in [5, 5.41) is 10.3. The van der Waals surface area contributed by atoms with Gasteiger partial charge in [-0.15, -0.1) is 0 Å². The first-order chi connectivity index (χ1) is 10.5. The Morgan fingerprint density at radius 3 is 1.91 bits per heavy atom. The highest BCUT2D eigenvalue weighted by molar-refractivity contribution is 6.31. The molecule has 6 heteroatoms. The van der Waals surface area contributed by atoms with Crippen molar-refractivity contribution in [1.82, 2.24) is 10.9 Å². The highest BCUT2D eigenvalue weighted by Crippen LogP contribution is 2.27. The molecule has 0 fully saturated rings. The van der Waals surface area contributed by atoms with Crippen molar-refractivity contribution in [3.63, 3.8) is 0 Å². The molecule has 0 aromatic heterocycles. The Morgan fingerprint density at radius 1 is 0.864 bits per heavy atom. The molecule has 0 saturated heterocycles. The summed E-state index contributed by atoms with van der Waals surface area (Å²) in [7, 11) is 0. The van der Waals surface area contributed by atoms with Crippen molar-refractivity contribution in [2.45, 2.75) is 5.72 Å². The topological polar surface area (TPSA) is 95.5 Å². The van der Waals surface area contributed by atoms with E-state index >= 15 is 0 Å². The van der Waals surface area contributed by atoms with Crippen LogP contribution in [0.5, 0.6) is 0 Å². The average Bonchev–Trinajstić information content (AvgIpc) is 2.76. The number of benzene rings is 2. The molecule has 0 spiro atoms. The van der Waals surface area contributed by atoms with Crippen LogP contribution in [-0.2, 0) is 0 Å². The fourth-order valence-electron chi connectivity index (χ4n) is 2.29. The van der Waals surface area contributed by atoms with Crippen LogP contribution in [0.4, 0.5) is 0 Å². The molecule has 0 atom stereocenters. The van der Waals surface area contributed by atoms with Crippen LogP contribution in [0.1, 0.15) is 31.1 Å². The third-order valence-corrected chi connectivity index (χ3v) is 3.47. The van der Waals surface area contributed by atoms with E-state index in [1.165, 1.54) is 12.1 Å². The van der Waals surface area contributed by atoms with E-state index in [2.05, 4.69) is 10.9 Å². The number of hydrogen-bond acceptors (Lipinski definition) is 5. The molecule has 0 radical (unpaired) electrons. The molecule has 0 bridgehead atoms. The predicted octanol–water partition coefficient (Wildman–Crippen LogP) is 0.689. The fraction of sp³-hybridized carbons (Fsp3) is 0.0625. The summed E-state index contributed by atoms with van der Waals surface area (Å²) in [6.45, 7) is 0. The van der Waals surface area contributed by atoms with Crippen LogP contribution >= 0.6 is 0 Å². The first-order valence-electron chi connectivity index (χ1n) is 6.57. The number of nitrogens with one attached hydrogen (secondary N) is 2. The van der Waals surface area contributed by atoms with Gasteiger partial charge < -0.3 is 5.11 Å². The van der Waals surface area contributed by atoms with Crippen LogP contribution in [-0.4, -0.2) is 28.3 Å². The molecular formula is C16H12N2O4. The molecule has 1 aliphatic rings. The highest BCUT2D eigenvalue weighted by atomic mass is 16.3. The Labute approximate surface area is 125 Å². The summed E-state index contributed by atoms with van der Waals surface area (Å²) in [6.07, 6.45) is 0. The van der Waals surface area contributed by atoms with Crippen molar-refractivity contribution in [1.29, 1.82) is 0 Å². The first-order valence-corrected chi connectivity index (χ1v) is 6.57. The van der Waals surface area contributed by atoms with E-state index in [0.717, 1.165) is 0 Å². The lowest BCUT2D eigenvalue weighted by Gasteiger charge is -2.21. The van der Waals surface area contributed by atoms with Gasteiger partial charge in [-0.05, 0) is 12.1 Å². The van der Waals surface area contributed by atoms with Crippen LogP contribution in [0.3, 0.4) is 0 Å². The normalized spacial score (nSPS) is 15.5. The third kappa shape index (κ3) is 2.11. The van der Waals surface area contributed by atoms with Crippen molar-refractivity contribution in [2.24, 2.45) is 0 Å². The predicted molar refractivity (Wildman–Crippen MR) is 77.1 cm³/mol. The SMILES string of the molecule is O=C(NNC1(O)C(=O)c2ccccc2C1=O)c1ccccc1. The van der Waals surface area contributed by atoms with E-state index in [-0.39, 0.29) is 11.1 Å². The van der Waals surface area contributed by atoms with Gasteiger partial charge in [-0.25, -0.2) is 0 Å². The van der Waals surface area contributed by atoms with Crippen molar-refractivity contribution >= 4 is 17.5 Å². The molecule has 110 valence electrons. The van der Waals surface area contributed by atoms with Gasteiger partial charge in [0, 0.05) is 16.7 Å². The number of amides is 1. The van der Waals surface area contributed by atoms with Crippen LogP contribution in [0.25, 0.3) is 0 Å². The van der Waals surface area contributed by atoms with E-state index in [1.807, 2.05) is 0 Å². The second kappa shape index (κ2) is 5.18. The number of rotatable bonds is 3. The van der Waals surface area contributed by atoms with Gasteiger partial charge in [-0.2, -0.15) is 5.43 Å². The number of fused-ring (bicyclic) bond motifs is 1. The summed E-state index contributed by atoms with van der Waals surface area (Å²) in [6, 6.07) is 14.3. The second-order valence-electron chi connectivity index (χ2n) is 4.86. The summed E-state index contributed by atoms with van der Waals surface area (Å²) in [4.78, 5) is 36.3. The lowest BCUT2D eigenvalue weighted by Crippen LogP contribution is -2.61. The zero-order valence-electron chi connectivity index (χ0n) is 11.4. The maximum absolute atomic E-state index is 12.2. The second-order valence-corrected chi connectivity index (χ2v) is 4.86. The lowest BCUT2D eigenvalue weighted by molar-refractivity contribution is 0.0138. The molecule has 3 rings (SSSR count). The van der Waals surface area contributed by atoms with Crippen LogP contribution in [0, 0.1) is 0 Å². The summed E-state index contributed by atoms with van der Waals surface area (Å²) in [5.74, 6) is -2.14. The first kappa shape index (κ1) is 14.1. The number of hydrazine groups is 1. The van der Waals surface area contributed by atoms with Gasteiger partial charge >= 0.3 is 0 Å². The Balaban J connectivity index is 1.80. The zero-order chi connectivity index (χ0) is 15.7. The van der Waals surface area contributed by atoms with Crippen LogP contribution in [0.15, 0.2) is 54.6 Å². The molecule has 6 nitrogen and oxygen atoms in total. The Morgan fingerprint density at radius 2 is 1.36 bits per heavy atom. The number of Topliss-reactive ketones (excluding diaryl/α,β-unsaturated/α-hetero) is 2. The molecule has 0 unspecified atom stereocenters. The van der Waals surface area contributed by atoms with Crippen molar-refractivity contribution in [3.8, 4) is 0 Å².